The number of thiazole rings is 1. The minimum atomic E-state index is -0.0831. The van der Waals surface area contributed by atoms with E-state index in [9.17, 15) is 10.1 Å². The van der Waals surface area contributed by atoms with Gasteiger partial charge in [0.25, 0.3) is 0 Å². The van der Waals surface area contributed by atoms with Crippen LogP contribution in [0.3, 0.4) is 0 Å². The number of aromatic nitrogens is 2. The van der Waals surface area contributed by atoms with Crippen molar-refractivity contribution in [2.75, 3.05) is 11.1 Å². The Labute approximate surface area is 176 Å². The van der Waals surface area contributed by atoms with Gasteiger partial charge in [0, 0.05) is 23.2 Å². The highest BCUT2D eigenvalue weighted by molar-refractivity contribution is 7.99. The van der Waals surface area contributed by atoms with Gasteiger partial charge < -0.3 is 5.32 Å². The van der Waals surface area contributed by atoms with Gasteiger partial charge in [-0.3, -0.25) is 4.79 Å². The van der Waals surface area contributed by atoms with Crippen LogP contribution in [0.1, 0.15) is 37.4 Å². The first-order valence-corrected chi connectivity index (χ1v) is 11.8. The predicted octanol–water partition coefficient (Wildman–Crippen LogP) is 5.60. The minimum absolute atomic E-state index is 0.0831. The molecule has 0 aliphatic carbocycles. The molecule has 3 aromatic heterocycles. The zero-order valence-corrected chi connectivity index (χ0v) is 17.9. The highest BCUT2D eigenvalue weighted by Gasteiger charge is 2.11. The Morgan fingerprint density at radius 1 is 1.29 bits per heavy atom. The Morgan fingerprint density at radius 3 is 2.93 bits per heavy atom. The molecular formula is C20H20N4OS3. The number of unbranched alkanes of at least 4 members (excludes halogenated alkanes) is 1. The molecule has 3 heterocycles. The number of nitrogens with zero attached hydrogens (tertiary/aromatic N) is 3. The van der Waals surface area contributed by atoms with Gasteiger partial charge in [-0.15, -0.1) is 34.4 Å². The van der Waals surface area contributed by atoms with Gasteiger partial charge in [-0.25, -0.2) is 9.97 Å². The molecule has 5 nitrogen and oxygen atoms in total. The zero-order chi connectivity index (χ0) is 19.8. The van der Waals surface area contributed by atoms with Gasteiger partial charge in [-0.1, -0.05) is 19.4 Å². The highest BCUT2D eigenvalue weighted by Crippen LogP contribution is 2.28. The summed E-state index contributed by atoms with van der Waals surface area (Å²) < 4.78 is 0. The van der Waals surface area contributed by atoms with Gasteiger partial charge in [-0.05, 0) is 36.4 Å². The van der Waals surface area contributed by atoms with Crippen molar-refractivity contribution in [1.29, 1.82) is 5.26 Å². The first-order valence-electron chi connectivity index (χ1n) is 9.01. The molecule has 0 unspecified atom stereocenters. The van der Waals surface area contributed by atoms with E-state index in [2.05, 4.69) is 28.3 Å². The molecule has 0 aliphatic heterocycles. The molecule has 1 N–H and O–H groups in total. The lowest BCUT2D eigenvalue weighted by Crippen LogP contribution is -2.12. The van der Waals surface area contributed by atoms with Gasteiger partial charge in [0.2, 0.25) is 5.91 Å². The van der Waals surface area contributed by atoms with E-state index in [1.54, 1.807) is 11.3 Å². The predicted molar refractivity (Wildman–Crippen MR) is 117 cm³/mol. The largest absolute Gasteiger partial charge is 0.302 e. The maximum atomic E-state index is 12.2. The Kier molecular flexibility index (Phi) is 7.60. The summed E-state index contributed by atoms with van der Waals surface area (Å²) in [4.78, 5) is 22.4. The molecule has 0 aliphatic rings. The summed E-state index contributed by atoms with van der Waals surface area (Å²) in [5.74, 6) is 0.480. The standard InChI is InChI=1S/C20H20N4OS3/c1-2-3-5-15-8-7-14(12-21)19(22-15)27-11-9-18(25)24-20-23-16(13-28-20)17-6-4-10-26-17/h4,6-8,10,13H,2-3,5,9,11H2,1H3,(H,23,24,25). The van der Waals surface area contributed by atoms with Crippen molar-refractivity contribution in [3.63, 3.8) is 0 Å². The monoisotopic (exact) mass is 428 g/mol. The number of carbonyl (C=O) groups is 1. The van der Waals surface area contributed by atoms with Gasteiger partial charge in [0.15, 0.2) is 5.13 Å². The lowest BCUT2D eigenvalue weighted by Gasteiger charge is -2.06. The topological polar surface area (TPSA) is 78.7 Å². The second-order valence-corrected chi connectivity index (χ2v) is 8.92. The van der Waals surface area contributed by atoms with E-state index in [1.165, 1.54) is 23.1 Å². The fraction of sp³-hybridized carbons (Fsp3) is 0.300. The minimum Gasteiger partial charge on any atom is -0.302 e. The van der Waals surface area contributed by atoms with Crippen LogP contribution in [0.2, 0.25) is 0 Å². The Hall–Kier alpha value is -2.21. The number of amides is 1. The number of pyridine rings is 1. The molecular weight excluding hydrogens is 408 g/mol. The molecule has 1 amide bonds. The molecule has 8 heteroatoms. The number of anilines is 1. The lowest BCUT2D eigenvalue weighted by atomic mass is 10.2. The third-order valence-electron chi connectivity index (χ3n) is 3.92. The van der Waals surface area contributed by atoms with Gasteiger partial charge >= 0.3 is 0 Å². The maximum Gasteiger partial charge on any atom is 0.226 e. The van der Waals surface area contributed by atoms with Crippen LogP contribution in [-0.2, 0) is 11.2 Å². The van der Waals surface area contributed by atoms with Crippen LogP contribution >= 0.6 is 34.4 Å². The van der Waals surface area contributed by atoms with Crippen molar-refractivity contribution in [3.05, 3.63) is 46.3 Å². The van der Waals surface area contributed by atoms with E-state index in [4.69, 9.17) is 0 Å². The van der Waals surface area contributed by atoms with Gasteiger partial charge in [0.05, 0.1) is 16.1 Å². The van der Waals surface area contributed by atoms with Crippen molar-refractivity contribution >= 4 is 45.5 Å². The van der Waals surface area contributed by atoms with Crippen LogP contribution < -0.4 is 5.32 Å². The van der Waals surface area contributed by atoms with Crippen LogP contribution in [0.5, 0.6) is 0 Å². The maximum absolute atomic E-state index is 12.2. The van der Waals surface area contributed by atoms with Crippen LogP contribution in [-0.4, -0.2) is 21.6 Å². The molecule has 0 saturated heterocycles. The molecule has 0 spiro atoms. The van der Waals surface area contributed by atoms with E-state index >= 15 is 0 Å². The quantitative estimate of drug-likeness (QED) is 0.449. The normalized spacial score (nSPS) is 10.6. The number of thioether (sulfide) groups is 1. The Morgan fingerprint density at radius 2 is 2.18 bits per heavy atom. The molecule has 144 valence electrons. The second kappa shape index (κ2) is 10.4. The summed E-state index contributed by atoms with van der Waals surface area (Å²) in [6.07, 6.45) is 3.43. The van der Waals surface area contributed by atoms with Crippen molar-refractivity contribution in [2.24, 2.45) is 0 Å². The van der Waals surface area contributed by atoms with E-state index in [0.29, 0.717) is 27.9 Å². The molecule has 0 fully saturated rings. The van der Waals surface area contributed by atoms with Crippen LogP contribution in [0.4, 0.5) is 5.13 Å². The summed E-state index contributed by atoms with van der Waals surface area (Å²) in [5, 5.41) is 17.4. The lowest BCUT2D eigenvalue weighted by molar-refractivity contribution is -0.115. The number of aryl methyl sites for hydroxylation is 1. The number of nitriles is 1. The van der Waals surface area contributed by atoms with Crippen LogP contribution in [0, 0.1) is 11.3 Å². The van der Waals surface area contributed by atoms with Crippen molar-refractivity contribution in [2.45, 2.75) is 37.6 Å². The van der Waals surface area contributed by atoms with E-state index in [1.807, 2.05) is 35.0 Å². The number of nitrogens with one attached hydrogen (secondary N) is 1. The molecule has 28 heavy (non-hydrogen) atoms. The average Bonchev–Trinajstić information content (AvgIpc) is 3.38. The summed E-state index contributed by atoms with van der Waals surface area (Å²) in [7, 11) is 0. The number of rotatable bonds is 9. The second-order valence-electron chi connectivity index (χ2n) is 6.03. The molecule has 0 bridgehead atoms. The number of thiophene rings is 1. The summed E-state index contributed by atoms with van der Waals surface area (Å²) in [6.45, 7) is 2.14. The third-order valence-corrected chi connectivity index (χ3v) is 6.56. The van der Waals surface area contributed by atoms with Gasteiger partial charge in [0.1, 0.15) is 11.1 Å². The van der Waals surface area contributed by atoms with Crippen molar-refractivity contribution in [1.82, 2.24) is 9.97 Å². The SMILES string of the molecule is CCCCc1ccc(C#N)c(SCCC(=O)Nc2nc(-c3cccs3)cs2)n1. The molecule has 0 saturated carbocycles. The number of hydrogen-bond donors (Lipinski definition) is 1. The zero-order valence-electron chi connectivity index (χ0n) is 15.5. The van der Waals surface area contributed by atoms with E-state index in [0.717, 1.165) is 35.5 Å². The average molecular weight is 429 g/mol. The Balaban J connectivity index is 1.52. The van der Waals surface area contributed by atoms with Crippen LogP contribution in [0.15, 0.2) is 40.1 Å². The first-order chi connectivity index (χ1) is 13.7. The number of hydrogen-bond acceptors (Lipinski definition) is 7. The van der Waals surface area contributed by atoms with Gasteiger partial charge in [-0.2, -0.15) is 5.26 Å². The molecule has 3 rings (SSSR count). The van der Waals surface area contributed by atoms with E-state index < -0.39 is 0 Å². The van der Waals surface area contributed by atoms with Crippen molar-refractivity contribution in [3.8, 4) is 16.6 Å². The molecule has 0 radical (unpaired) electrons. The third kappa shape index (κ3) is 5.64. The summed E-state index contributed by atoms with van der Waals surface area (Å²) in [5.41, 5.74) is 2.44. The summed E-state index contributed by atoms with van der Waals surface area (Å²) in [6, 6.07) is 9.91. The molecule has 0 atom stereocenters. The smallest absolute Gasteiger partial charge is 0.226 e. The van der Waals surface area contributed by atoms with E-state index in [-0.39, 0.29) is 5.91 Å². The Bertz CT molecular complexity index is 960. The van der Waals surface area contributed by atoms with Crippen molar-refractivity contribution < 1.29 is 4.79 Å². The number of carbonyl (C=O) groups excluding carboxylic acids is 1. The summed E-state index contributed by atoms with van der Waals surface area (Å²) >= 11 is 4.50. The fourth-order valence-corrected chi connectivity index (χ4v) is 4.88. The first kappa shape index (κ1) is 20.5. The molecule has 0 aromatic carbocycles. The van der Waals surface area contributed by atoms with Crippen LogP contribution in [0.25, 0.3) is 10.6 Å². The fourth-order valence-electron chi connectivity index (χ4n) is 2.46. The highest BCUT2D eigenvalue weighted by atomic mass is 32.2. The molecule has 3 aromatic rings.